The van der Waals surface area contributed by atoms with Crippen LogP contribution in [0.15, 0.2) is 18.5 Å². The van der Waals surface area contributed by atoms with Crippen LogP contribution in [-0.4, -0.2) is 24.0 Å². The molecule has 3 heteroatoms. The van der Waals surface area contributed by atoms with Crippen molar-refractivity contribution in [2.24, 2.45) is 0 Å². The summed E-state index contributed by atoms with van der Waals surface area (Å²) < 4.78 is 5.30. The summed E-state index contributed by atoms with van der Waals surface area (Å²) >= 11 is 0. The summed E-state index contributed by atoms with van der Waals surface area (Å²) in [6.07, 6.45) is 4.47. The van der Waals surface area contributed by atoms with E-state index in [1.165, 1.54) is 0 Å². The summed E-state index contributed by atoms with van der Waals surface area (Å²) in [5.41, 5.74) is 1.81. The van der Waals surface area contributed by atoms with E-state index in [-0.39, 0.29) is 5.78 Å². The van der Waals surface area contributed by atoms with Crippen LogP contribution in [0.2, 0.25) is 0 Å². The van der Waals surface area contributed by atoms with Crippen LogP contribution >= 0.6 is 0 Å². The molecule has 1 aromatic heterocycles. The van der Waals surface area contributed by atoms with E-state index in [4.69, 9.17) is 4.74 Å². The van der Waals surface area contributed by atoms with E-state index in [1.54, 1.807) is 13.1 Å². The van der Waals surface area contributed by atoms with Gasteiger partial charge in [0.1, 0.15) is 0 Å². The second-order valence-corrected chi connectivity index (χ2v) is 3.62. The smallest absolute Gasteiger partial charge is 0.161 e. The maximum atomic E-state index is 11.1. The molecular weight excluding hydrogens is 178 g/mol. The lowest BCUT2D eigenvalue weighted by atomic mass is 9.98. The molecule has 0 bridgehead atoms. The number of ketones is 1. The first kappa shape index (κ1) is 9.34. The third-order valence-corrected chi connectivity index (χ3v) is 2.57. The van der Waals surface area contributed by atoms with Crippen molar-refractivity contribution in [3.8, 4) is 0 Å². The van der Waals surface area contributed by atoms with Crippen molar-refractivity contribution in [2.45, 2.75) is 19.3 Å². The van der Waals surface area contributed by atoms with Crippen LogP contribution in [0.4, 0.5) is 0 Å². The molecule has 2 rings (SSSR count). The van der Waals surface area contributed by atoms with Gasteiger partial charge in [0.25, 0.3) is 0 Å². The molecule has 0 aliphatic carbocycles. The molecule has 1 saturated heterocycles. The number of nitrogens with zero attached hydrogens (tertiary/aromatic N) is 1. The maximum absolute atomic E-state index is 11.1. The van der Waals surface area contributed by atoms with Crippen LogP contribution in [0.25, 0.3) is 0 Å². The molecule has 1 unspecified atom stereocenters. The van der Waals surface area contributed by atoms with Gasteiger partial charge in [0.15, 0.2) is 5.78 Å². The van der Waals surface area contributed by atoms with Gasteiger partial charge in [-0.3, -0.25) is 9.78 Å². The highest BCUT2D eigenvalue weighted by Gasteiger charge is 2.18. The van der Waals surface area contributed by atoms with Crippen LogP contribution in [0, 0.1) is 0 Å². The number of ether oxygens (including phenoxy) is 1. The molecule has 0 saturated carbocycles. The number of aromatic nitrogens is 1. The van der Waals surface area contributed by atoms with Gasteiger partial charge in [-0.05, 0) is 25.0 Å². The topological polar surface area (TPSA) is 39.2 Å². The minimum atomic E-state index is 0.0678. The maximum Gasteiger partial charge on any atom is 0.161 e. The zero-order valence-corrected chi connectivity index (χ0v) is 8.19. The van der Waals surface area contributed by atoms with Crippen LogP contribution in [0.5, 0.6) is 0 Å². The third kappa shape index (κ3) is 1.82. The van der Waals surface area contributed by atoms with Crippen LogP contribution in [0.1, 0.15) is 35.2 Å². The monoisotopic (exact) mass is 191 g/mol. The van der Waals surface area contributed by atoms with Gasteiger partial charge in [-0.1, -0.05) is 0 Å². The molecule has 0 spiro atoms. The zero-order chi connectivity index (χ0) is 9.97. The highest BCUT2D eigenvalue weighted by Crippen LogP contribution is 2.24. The highest BCUT2D eigenvalue weighted by molar-refractivity contribution is 5.93. The Balaban J connectivity index is 2.25. The Bertz CT molecular complexity index is 343. The van der Waals surface area contributed by atoms with E-state index in [0.29, 0.717) is 11.5 Å². The number of Topliss-reactive ketones (excluding diaryl/α,β-unsaturated/α-hetero) is 1. The Morgan fingerprint density at radius 2 is 2.43 bits per heavy atom. The Kier molecular flexibility index (Phi) is 2.59. The molecule has 2 heterocycles. The van der Waals surface area contributed by atoms with Gasteiger partial charge in [-0.25, -0.2) is 0 Å². The van der Waals surface area contributed by atoms with Crippen molar-refractivity contribution >= 4 is 5.78 Å². The van der Waals surface area contributed by atoms with Crippen LogP contribution in [-0.2, 0) is 4.74 Å². The van der Waals surface area contributed by atoms with Crippen molar-refractivity contribution in [1.82, 2.24) is 4.98 Å². The summed E-state index contributed by atoms with van der Waals surface area (Å²) in [7, 11) is 0. The largest absolute Gasteiger partial charge is 0.381 e. The first-order valence-electron chi connectivity index (χ1n) is 4.81. The van der Waals surface area contributed by atoms with E-state index in [2.05, 4.69) is 4.98 Å². The molecule has 74 valence electrons. The average Bonchev–Trinajstić information content (AvgIpc) is 2.71. The number of pyridine rings is 1. The summed E-state index contributed by atoms with van der Waals surface area (Å²) in [4.78, 5) is 15.2. The SMILES string of the molecule is CC(=O)c1cncc(C2CCOC2)c1. The lowest BCUT2D eigenvalue weighted by Gasteiger charge is -2.07. The second-order valence-electron chi connectivity index (χ2n) is 3.62. The molecule has 1 atom stereocenters. The van der Waals surface area contributed by atoms with Gasteiger partial charge in [0, 0.05) is 30.5 Å². The number of hydrogen-bond acceptors (Lipinski definition) is 3. The van der Waals surface area contributed by atoms with Crippen molar-refractivity contribution in [3.63, 3.8) is 0 Å². The quantitative estimate of drug-likeness (QED) is 0.669. The van der Waals surface area contributed by atoms with Crippen LogP contribution in [0.3, 0.4) is 0 Å². The number of carbonyl (C=O) groups is 1. The molecule has 1 aliphatic heterocycles. The first-order valence-corrected chi connectivity index (χ1v) is 4.81. The standard InChI is InChI=1S/C11H13NO2/c1-8(13)10-4-11(6-12-5-10)9-2-3-14-7-9/h4-6,9H,2-3,7H2,1H3. The van der Waals surface area contributed by atoms with Gasteiger partial charge in [0.2, 0.25) is 0 Å². The molecule has 0 aromatic carbocycles. The number of rotatable bonds is 2. The van der Waals surface area contributed by atoms with Crippen molar-refractivity contribution in [2.75, 3.05) is 13.2 Å². The minimum Gasteiger partial charge on any atom is -0.381 e. The summed E-state index contributed by atoms with van der Waals surface area (Å²) in [6.45, 7) is 3.13. The average molecular weight is 191 g/mol. The zero-order valence-electron chi connectivity index (χ0n) is 8.19. The fourth-order valence-corrected chi connectivity index (χ4v) is 1.67. The Morgan fingerprint density at radius 1 is 1.57 bits per heavy atom. The van der Waals surface area contributed by atoms with Crippen molar-refractivity contribution < 1.29 is 9.53 Å². The summed E-state index contributed by atoms with van der Waals surface area (Å²) in [5, 5.41) is 0. The molecule has 0 amide bonds. The van der Waals surface area contributed by atoms with Crippen LogP contribution < -0.4 is 0 Å². The van der Waals surface area contributed by atoms with E-state index in [9.17, 15) is 4.79 Å². The van der Waals surface area contributed by atoms with E-state index in [1.807, 2.05) is 12.3 Å². The van der Waals surface area contributed by atoms with Gasteiger partial charge < -0.3 is 4.74 Å². The third-order valence-electron chi connectivity index (χ3n) is 2.57. The molecule has 1 aliphatic rings. The number of carbonyl (C=O) groups excluding carboxylic acids is 1. The van der Waals surface area contributed by atoms with Gasteiger partial charge >= 0.3 is 0 Å². The predicted molar refractivity (Wildman–Crippen MR) is 52.4 cm³/mol. The second kappa shape index (κ2) is 3.88. The Hall–Kier alpha value is -1.22. The lowest BCUT2D eigenvalue weighted by molar-refractivity contribution is 0.101. The summed E-state index contributed by atoms with van der Waals surface area (Å²) in [5.74, 6) is 0.486. The molecule has 1 aromatic rings. The fraction of sp³-hybridized carbons (Fsp3) is 0.455. The Labute approximate surface area is 83.1 Å². The van der Waals surface area contributed by atoms with Gasteiger partial charge in [-0.15, -0.1) is 0 Å². The lowest BCUT2D eigenvalue weighted by Crippen LogP contribution is -2.01. The predicted octanol–water partition coefficient (Wildman–Crippen LogP) is 1.79. The van der Waals surface area contributed by atoms with Crippen molar-refractivity contribution in [1.29, 1.82) is 0 Å². The molecule has 14 heavy (non-hydrogen) atoms. The Morgan fingerprint density at radius 3 is 3.07 bits per heavy atom. The fourth-order valence-electron chi connectivity index (χ4n) is 1.67. The first-order chi connectivity index (χ1) is 6.77. The molecule has 0 N–H and O–H groups in total. The minimum absolute atomic E-state index is 0.0678. The molecule has 1 fully saturated rings. The molecular formula is C11H13NO2. The number of hydrogen-bond donors (Lipinski definition) is 0. The van der Waals surface area contributed by atoms with E-state index in [0.717, 1.165) is 25.2 Å². The van der Waals surface area contributed by atoms with Gasteiger partial charge in [-0.2, -0.15) is 0 Å². The molecule has 3 nitrogen and oxygen atoms in total. The van der Waals surface area contributed by atoms with Crippen molar-refractivity contribution in [3.05, 3.63) is 29.6 Å². The summed E-state index contributed by atoms with van der Waals surface area (Å²) in [6, 6.07) is 1.93. The molecule has 0 radical (unpaired) electrons. The normalized spacial score (nSPS) is 21.1. The van der Waals surface area contributed by atoms with Gasteiger partial charge in [0.05, 0.1) is 6.61 Å². The van der Waals surface area contributed by atoms with E-state index < -0.39 is 0 Å². The highest BCUT2D eigenvalue weighted by atomic mass is 16.5. The van der Waals surface area contributed by atoms with E-state index >= 15 is 0 Å².